The van der Waals surface area contributed by atoms with Gasteiger partial charge in [-0.1, -0.05) is 12.2 Å². The molecule has 0 amide bonds. The van der Waals surface area contributed by atoms with Crippen LogP contribution in [0.4, 0.5) is 0 Å². The maximum absolute atomic E-state index is 9.17. The van der Waals surface area contributed by atoms with Gasteiger partial charge in [0.1, 0.15) is 23.0 Å². The first kappa shape index (κ1) is 14.1. The van der Waals surface area contributed by atoms with Crippen molar-refractivity contribution in [3.63, 3.8) is 0 Å². The molecule has 3 unspecified atom stereocenters. The van der Waals surface area contributed by atoms with Gasteiger partial charge in [0.15, 0.2) is 0 Å². The second-order valence-corrected chi connectivity index (χ2v) is 4.60. The number of aliphatic hydroxyl groups excluding tert-OH is 1. The molecule has 0 aliphatic heterocycles. The molecule has 0 aromatic heterocycles. The van der Waals surface area contributed by atoms with Crippen LogP contribution in [0.15, 0.2) is 12.2 Å². The highest BCUT2D eigenvalue weighted by atomic mass is 127. The van der Waals surface area contributed by atoms with Crippen LogP contribution in [0.2, 0.25) is 0 Å². The molecular weight excluding hydrogens is 424 g/mol. The summed E-state index contributed by atoms with van der Waals surface area (Å²) in [7, 11) is 0. The maximum atomic E-state index is 9.17. The van der Waals surface area contributed by atoms with E-state index in [1.807, 2.05) is 6.08 Å². The monoisotopic (exact) mass is 439 g/mol. The Kier molecular flexibility index (Phi) is 7.69. The first-order chi connectivity index (χ1) is 7.26. The van der Waals surface area contributed by atoms with Crippen LogP contribution in [0.25, 0.3) is 0 Å². The molecule has 1 aliphatic carbocycles. The average Bonchev–Trinajstić information content (AvgIpc) is 2.21. The minimum atomic E-state index is -1.13. The predicted octanol–water partition coefficient (Wildman–Crippen LogP) is 2.45. The Bertz CT molecular complexity index is 204. The molecule has 0 aromatic rings. The number of rotatable bonds is 4. The lowest BCUT2D eigenvalue weighted by molar-refractivity contribution is -0.215. The fourth-order valence-electron chi connectivity index (χ4n) is 1.56. The number of hydrogen-bond donors (Lipinski definition) is 2. The van der Waals surface area contributed by atoms with Crippen molar-refractivity contribution >= 4 is 45.9 Å². The smallest absolute Gasteiger partial charge is 0.279 e. The van der Waals surface area contributed by atoms with Crippen LogP contribution in [-0.2, 0) is 7.80 Å². The van der Waals surface area contributed by atoms with Crippen molar-refractivity contribution in [2.75, 3.05) is 0 Å². The van der Waals surface area contributed by atoms with Crippen molar-refractivity contribution < 1.29 is 12.9 Å². The standard InChI is InChI=1S/C9H15I2NO3/c10-12-7-3-1-5-8(6-2-4-7)14-9(13)15-11/h1,5,7-9,12-13H,2-4,6H2/b5-1+. The minimum absolute atomic E-state index is 0.0371. The van der Waals surface area contributed by atoms with Crippen molar-refractivity contribution in [3.8, 4) is 0 Å². The molecule has 0 spiro atoms. The van der Waals surface area contributed by atoms with E-state index in [2.05, 4.69) is 35.5 Å². The van der Waals surface area contributed by atoms with Crippen LogP contribution < -0.4 is 3.53 Å². The zero-order valence-corrected chi connectivity index (χ0v) is 12.5. The van der Waals surface area contributed by atoms with Crippen LogP contribution >= 0.6 is 45.9 Å². The second kappa shape index (κ2) is 8.18. The molecule has 6 heteroatoms. The van der Waals surface area contributed by atoms with Gasteiger partial charge in [0.2, 0.25) is 0 Å². The molecular formula is C9H15I2NO3. The maximum Gasteiger partial charge on any atom is 0.279 e. The zero-order valence-electron chi connectivity index (χ0n) is 8.23. The zero-order chi connectivity index (χ0) is 11.1. The number of halogens is 2. The molecule has 0 saturated carbocycles. The van der Waals surface area contributed by atoms with Crippen LogP contribution in [-0.4, -0.2) is 23.7 Å². The van der Waals surface area contributed by atoms with Gasteiger partial charge in [0.05, 0.1) is 6.10 Å². The van der Waals surface area contributed by atoms with Crippen LogP contribution in [0.5, 0.6) is 0 Å². The molecule has 3 atom stereocenters. The van der Waals surface area contributed by atoms with Crippen molar-refractivity contribution in [1.29, 1.82) is 0 Å². The summed E-state index contributed by atoms with van der Waals surface area (Å²) in [6.07, 6.45) is 8.20. The van der Waals surface area contributed by atoms with Crippen molar-refractivity contribution in [3.05, 3.63) is 12.2 Å². The Hall–Kier alpha value is 1.04. The third-order valence-corrected chi connectivity index (χ3v) is 3.65. The molecule has 4 nitrogen and oxygen atoms in total. The molecule has 0 fully saturated rings. The number of ether oxygens (including phenoxy) is 1. The Balaban J connectivity index is 2.38. The van der Waals surface area contributed by atoms with E-state index in [-0.39, 0.29) is 6.10 Å². The number of nitrogens with one attached hydrogen (secondary N) is 1. The summed E-state index contributed by atoms with van der Waals surface area (Å²) < 4.78 is 13.1. The molecule has 0 radical (unpaired) electrons. The molecule has 2 N–H and O–H groups in total. The Morgan fingerprint density at radius 3 is 2.93 bits per heavy atom. The van der Waals surface area contributed by atoms with E-state index in [9.17, 15) is 5.11 Å². The predicted molar refractivity (Wildman–Crippen MR) is 74.5 cm³/mol. The quantitative estimate of drug-likeness (QED) is 0.306. The summed E-state index contributed by atoms with van der Waals surface area (Å²) in [6.45, 7) is -1.13. The molecule has 0 aromatic carbocycles. The van der Waals surface area contributed by atoms with Gasteiger partial charge in [-0.2, -0.15) is 0 Å². The first-order valence-electron chi connectivity index (χ1n) is 4.90. The number of hydrogen-bond acceptors (Lipinski definition) is 4. The van der Waals surface area contributed by atoms with E-state index >= 15 is 0 Å². The van der Waals surface area contributed by atoms with Crippen LogP contribution in [0.1, 0.15) is 25.7 Å². The highest BCUT2D eigenvalue weighted by molar-refractivity contribution is 14.1. The molecule has 0 saturated heterocycles. The van der Waals surface area contributed by atoms with Gasteiger partial charge < -0.3 is 9.84 Å². The summed E-state index contributed by atoms with van der Waals surface area (Å²) in [5.41, 5.74) is 0. The topological polar surface area (TPSA) is 50.7 Å². The van der Waals surface area contributed by atoms with E-state index in [1.165, 1.54) is 0 Å². The van der Waals surface area contributed by atoms with E-state index in [0.29, 0.717) is 6.04 Å². The van der Waals surface area contributed by atoms with Gasteiger partial charge >= 0.3 is 0 Å². The first-order valence-corrected chi connectivity index (χ1v) is 6.86. The van der Waals surface area contributed by atoms with Crippen molar-refractivity contribution in [2.45, 2.75) is 44.3 Å². The van der Waals surface area contributed by atoms with Gasteiger partial charge in [0, 0.05) is 28.9 Å². The van der Waals surface area contributed by atoms with E-state index in [4.69, 9.17) is 4.74 Å². The normalized spacial score (nSPS) is 31.7. The SMILES string of the molecule is OC(OI)OC1/C=C/CC(NI)CCC1. The fraction of sp³-hybridized carbons (Fsp3) is 0.778. The van der Waals surface area contributed by atoms with Gasteiger partial charge in [-0.05, 0) is 25.7 Å². The lowest BCUT2D eigenvalue weighted by Gasteiger charge is -2.21. The molecule has 1 rings (SSSR count). The average molecular weight is 439 g/mol. The summed E-state index contributed by atoms with van der Waals surface area (Å²) in [5, 5.41) is 9.17. The fourth-order valence-corrected chi connectivity index (χ4v) is 2.24. The Labute approximate surface area is 118 Å². The number of aliphatic hydroxyl groups is 1. The Morgan fingerprint density at radius 1 is 1.47 bits per heavy atom. The summed E-state index contributed by atoms with van der Waals surface area (Å²) >= 11 is 3.82. The van der Waals surface area contributed by atoms with Crippen molar-refractivity contribution in [2.24, 2.45) is 0 Å². The summed E-state index contributed by atoms with van der Waals surface area (Å²) in [6, 6.07) is 0.550. The third-order valence-electron chi connectivity index (χ3n) is 2.33. The second-order valence-electron chi connectivity index (χ2n) is 3.47. The molecule has 88 valence electrons. The Morgan fingerprint density at radius 2 is 2.27 bits per heavy atom. The molecule has 1 aliphatic rings. The van der Waals surface area contributed by atoms with Gasteiger partial charge in [0.25, 0.3) is 6.48 Å². The molecule has 0 heterocycles. The van der Waals surface area contributed by atoms with Crippen LogP contribution in [0, 0.1) is 0 Å². The molecule has 0 bridgehead atoms. The van der Waals surface area contributed by atoms with Crippen LogP contribution in [0.3, 0.4) is 0 Å². The van der Waals surface area contributed by atoms with Gasteiger partial charge in [-0.3, -0.25) is 6.60 Å². The van der Waals surface area contributed by atoms with Crippen molar-refractivity contribution in [1.82, 2.24) is 3.53 Å². The van der Waals surface area contributed by atoms with Gasteiger partial charge in [-0.15, -0.1) is 0 Å². The minimum Gasteiger partial charge on any atom is -0.345 e. The largest absolute Gasteiger partial charge is 0.345 e. The lowest BCUT2D eigenvalue weighted by atomic mass is 10.0. The van der Waals surface area contributed by atoms with E-state index < -0.39 is 6.48 Å². The third kappa shape index (κ3) is 5.78. The highest BCUT2D eigenvalue weighted by Crippen LogP contribution is 2.17. The van der Waals surface area contributed by atoms with E-state index in [1.54, 1.807) is 23.0 Å². The summed E-state index contributed by atoms with van der Waals surface area (Å²) in [4.78, 5) is 0. The van der Waals surface area contributed by atoms with E-state index in [0.717, 1.165) is 25.7 Å². The van der Waals surface area contributed by atoms with Gasteiger partial charge in [-0.25, -0.2) is 0 Å². The highest BCUT2D eigenvalue weighted by Gasteiger charge is 2.15. The lowest BCUT2D eigenvalue weighted by Crippen LogP contribution is -2.25. The molecule has 15 heavy (non-hydrogen) atoms. The summed E-state index contributed by atoms with van der Waals surface area (Å²) in [5.74, 6) is 0.